The molecular formula is C8H15NO5S. The number of carboxylic acids is 1. The largest absolute Gasteiger partial charge is 0.480 e. The van der Waals surface area contributed by atoms with Crippen LogP contribution in [-0.2, 0) is 19.6 Å². The van der Waals surface area contributed by atoms with Gasteiger partial charge in [-0.15, -0.1) is 0 Å². The molecular weight excluding hydrogens is 222 g/mol. The van der Waals surface area contributed by atoms with Crippen LogP contribution in [0.25, 0.3) is 0 Å². The molecule has 1 heterocycles. The fraction of sp³-hybridized carbons (Fsp3) is 0.875. The smallest absolute Gasteiger partial charge is 0.325 e. The highest BCUT2D eigenvalue weighted by Crippen LogP contribution is 2.22. The average Bonchev–Trinajstić information content (AvgIpc) is 2.18. The lowest BCUT2D eigenvalue weighted by Gasteiger charge is -2.33. The quantitative estimate of drug-likeness (QED) is 0.691. The molecule has 7 heteroatoms. The predicted molar refractivity (Wildman–Crippen MR) is 53.0 cm³/mol. The van der Waals surface area contributed by atoms with Gasteiger partial charge >= 0.3 is 5.97 Å². The third kappa shape index (κ3) is 2.90. The molecule has 88 valence electrons. The van der Waals surface area contributed by atoms with Crippen molar-refractivity contribution >= 4 is 16.0 Å². The van der Waals surface area contributed by atoms with E-state index in [2.05, 4.69) is 4.72 Å². The van der Waals surface area contributed by atoms with Gasteiger partial charge in [-0.25, -0.2) is 8.42 Å². The van der Waals surface area contributed by atoms with Gasteiger partial charge in [-0.2, -0.15) is 4.72 Å². The number of rotatable bonds is 4. The van der Waals surface area contributed by atoms with Gasteiger partial charge in [-0.1, -0.05) is 0 Å². The van der Waals surface area contributed by atoms with Crippen molar-refractivity contribution in [3.05, 3.63) is 0 Å². The molecule has 1 fully saturated rings. The summed E-state index contributed by atoms with van der Waals surface area (Å²) in [6.45, 7) is 1.99. The Hall–Kier alpha value is -0.660. The Kier molecular flexibility index (Phi) is 3.69. The Morgan fingerprint density at radius 2 is 2.00 bits per heavy atom. The summed E-state index contributed by atoms with van der Waals surface area (Å²) in [6, 6.07) is 0. The second-order valence-corrected chi connectivity index (χ2v) is 5.52. The number of carbonyl (C=O) groups is 1. The van der Waals surface area contributed by atoms with Crippen molar-refractivity contribution in [2.24, 2.45) is 0 Å². The van der Waals surface area contributed by atoms with E-state index in [0.29, 0.717) is 0 Å². The molecule has 6 nitrogen and oxygen atoms in total. The fourth-order valence-electron chi connectivity index (χ4n) is 1.45. The van der Waals surface area contributed by atoms with E-state index >= 15 is 0 Å². The molecule has 0 aromatic carbocycles. The van der Waals surface area contributed by atoms with Crippen LogP contribution in [0.15, 0.2) is 0 Å². The zero-order valence-electron chi connectivity index (χ0n) is 8.52. The Labute approximate surface area is 88.7 Å². The van der Waals surface area contributed by atoms with Gasteiger partial charge in [0.2, 0.25) is 10.0 Å². The molecule has 1 aliphatic rings. The number of hydrogen-bond donors (Lipinski definition) is 2. The molecule has 0 radical (unpaired) electrons. The minimum atomic E-state index is -3.51. The predicted octanol–water partition coefficient (Wildman–Crippen LogP) is -0.440. The maximum absolute atomic E-state index is 11.4. The molecule has 1 saturated heterocycles. The number of nitrogens with one attached hydrogen (secondary N) is 1. The Bertz CT molecular complexity index is 331. The normalized spacial score (nSPS) is 21.1. The van der Waals surface area contributed by atoms with Crippen molar-refractivity contribution in [2.75, 3.05) is 19.0 Å². The van der Waals surface area contributed by atoms with Gasteiger partial charge in [0, 0.05) is 26.1 Å². The number of ether oxygens (including phenoxy) is 1. The number of hydrogen-bond acceptors (Lipinski definition) is 4. The zero-order chi connectivity index (χ0) is 11.5. The van der Waals surface area contributed by atoms with Gasteiger partial charge < -0.3 is 9.84 Å². The molecule has 0 amide bonds. The summed E-state index contributed by atoms with van der Waals surface area (Å²) < 4.78 is 30.0. The maximum Gasteiger partial charge on any atom is 0.325 e. The number of carboxylic acid groups (broad SMARTS) is 1. The Morgan fingerprint density at radius 1 is 1.47 bits per heavy atom. The van der Waals surface area contributed by atoms with Crippen LogP contribution in [0.3, 0.4) is 0 Å². The zero-order valence-corrected chi connectivity index (χ0v) is 9.34. The van der Waals surface area contributed by atoms with Crippen LogP contribution in [0.5, 0.6) is 0 Å². The Morgan fingerprint density at radius 3 is 2.40 bits per heavy atom. The van der Waals surface area contributed by atoms with E-state index in [1.165, 1.54) is 6.92 Å². The summed E-state index contributed by atoms with van der Waals surface area (Å²) in [7, 11) is -3.51. The van der Waals surface area contributed by atoms with Crippen LogP contribution in [0, 0.1) is 0 Å². The first-order valence-corrected chi connectivity index (χ1v) is 6.40. The second kappa shape index (κ2) is 4.46. The minimum absolute atomic E-state index is 0.122. The van der Waals surface area contributed by atoms with E-state index in [-0.39, 0.29) is 31.8 Å². The van der Waals surface area contributed by atoms with E-state index in [1.54, 1.807) is 0 Å². The molecule has 0 aromatic rings. The van der Waals surface area contributed by atoms with Gasteiger partial charge in [0.15, 0.2) is 0 Å². The van der Waals surface area contributed by atoms with E-state index in [9.17, 15) is 13.2 Å². The summed E-state index contributed by atoms with van der Waals surface area (Å²) in [6.07, 6.45) is 0.336. The van der Waals surface area contributed by atoms with Crippen LogP contribution in [0.1, 0.15) is 19.8 Å². The average molecular weight is 237 g/mol. The highest BCUT2D eigenvalue weighted by atomic mass is 32.2. The molecule has 0 bridgehead atoms. The molecule has 1 rings (SSSR count). The molecule has 2 N–H and O–H groups in total. The third-order valence-electron chi connectivity index (χ3n) is 2.49. The van der Waals surface area contributed by atoms with E-state index < -0.39 is 21.5 Å². The minimum Gasteiger partial charge on any atom is -0.480 e. The SMILES string of the molecule is CCS(=O)(=O)NC1(C(=O)O)CCOCC1. The molecule has 0 aliphatic carbocycles. The second-order valence-electron chi connectivity index (χ2n) is 3.51. The summed E-state index contributed by atoms with van der Waals surface area (Å²) in [4.78, 5) is 11.1. The lowest BCUT2D eigenvalue weighted by molar-refractivity contribution is -0.147. The van der Waals surface area contributed by atoms with E-state index in [4.69, 9.17) is 9.84 Å². The van der Waals surface area contributed by atoms with Crippen molar-refractivity contribution in [1.82, 2.24) is 4.72 Å². The van der Waals surface area contributed by atoms with Crippen molar-refractivity contribution < 1.29 is 23.1 Å². The first-order valence-electron chi connectivity index (χ1n) is 4.75. The molecule has 0 atom stereocenters. The van der Waals surface area contributed by atoms with Gasteiger partial charge in [-0.3, -0.25) is 4.79 Å². The number of aliphatic carboxylic acids is 1. The van der Waals surface area contributed by atoms with Crippen molar-refractivity contribution in [3.8, 4) is 0 Å². The van der Waals surface area contributed by atoms with Crippen molar-refractivity contribution in [2.45, 2.75) is 25.3 Å². The lowest BCUT2D eigenvalue weighted by atomic mass is 9.92. The molecule has 0 saturated carbocycles. The van der Waals surface area contributed by atoms with Gasteiger partial charge in [0.25, 0.3) is 0 Å². The van der Waals surface area contributed by atoms with Gasteiger partial charge in [0.05, 0.1) is 5.75 Å². The van der Waals surface area contributed by atoms with Crippen LogP contribution >= 0.6 is 0 Å². The van der Waals surface area contributed by atoms with Crippen LogP contribution in [0.2, 0.25) is 0 Å². The van der Waals surface area contributed by atoms with Crippen molar-refractivity contribution in [3.63, 3.8) is 0 Å². The summed E-state index contributed by atoms with van der Waals surface area (Å²) in [5, 5.41) is 9.07. The lowest BCUT2D eigenvalue weighted by Crippen LogP contribution is -2.57. The van der Waals surface area contributed by atoms with Crippen molar-refractivity contribution in [1.29, 1.82) is 0 Å². The fourth-order valence-corrected chi connectivity index (χ4v) is 2.48. The molecule has 1 aliphatic heterocycles. The van der Waals surface area contributed by atoms with E-state index in [0.717, 1.165) is 0 Å². The highest BCUT2D eigenvalue weighted by Gasteiger charge is 2.42. The monoisotopic (exact) mass is 237 g/mol. The van der Waals surface area contributed by atoms with Gasteiger partial charge in [0.1, 0.15) is 5.54 Å². The summed E-state index contributed by atoms with van der Waals surface area (Å²) in [5.41, 5.74) is -1.38. The molecule has 0 aromatic heterocycles. The summed E-state index contributed by atoms with van der Waals surface area (Å²) >= 11 is 0. The highest BCUT2D eigenvalue weighted by molar-refractivity contribution is 7.89. The molecule has 15 heavy (non-hydrogen) atoms. The molecule has 0 spiro atoms. The standard InChI is InChI=1S/C8H15NO5S/c1-2-15(12,13)9-8(7(10)11)3-5-14-6-4-8/h9H,2-6H2,1H3,(H,10,11). The first kappa shape index (κ1) is 12.4. The Balaban J connectivity index is 2.87. The van der Waals surface area contributed by atoms with Crippen LogP contribution < -0.4 is 4.72 Å². The maximum atomic E-state index is 11.4. The van der Waals surface area contributed by atoms with Gasteiger partial charge in [-0.05, 0) is 6.92 Å². The summed E-state index contributed by atoms with van der Waals surface area (Å²) in [5.74, 6) is -1.26. The first-order chi connectivity index (χ1) is 6.92. The molecule has 0 unspecified atom stereocenters. The third-order valence-corrected chi connectivity index (χ3v) is 3.95. The number of sulfonamides is 1. The van der Waals surface area contributed by atoms with Crippen LogP contribution in [0.4, 0.5) is 0 Å². The topological polar surface area (TPSA) is 92.7 Å². The van der Waals surface area contributed by atoms with E-state index in [1.807, 2.05) is 0 Å². The van der Waals surface area contributed by atoms with Crippen LogP contribution in [-0.4, -0.2) is 44.0 Å².